The third-order valence-corrected chi connectivity index (χ3v) is 2.56. The van der Waals surface area contributed by atoms with Gasteiger partial charge in [-0.25, -0.2) is 0 Å². The van der Waals surface area contributed by atoms with Gasteiger partial charge in [-0.2, -0.15) is 18.3 Å². The first-order chi connectivity index (χ1) is 9.27. The second kappa shape index (κ2) is 4.87. The van der Waals surface area contributed by atoms with E-state index in [0.29, 0.717) is 0 Å². The first-order valence-corrected chi connectivity index (χ1v) is 5.54. The van der Waals surface area contributed by atoms with E-state index in [9.17, 15) is 18.0 Å². The first kappa shape index (κ1) is 13.9. The number of amides is 1. The second-order valence-electron chi connectivity index (χ2n) is 4.16. The monoisotopic (exact) mass is 284 g/mol. The highest BCUT2D eigenvalue weighted by molar-refractivity contribution is 6.04. The average Bonchev–Trinajstić information content (AvgIpc) is 2.77. The molecule has 0 bridgehead atoms. The van der Waals surface area contributed by atoms with Gasteiger partial charge in [0.25, 0.3) is 5.91 Å². The molecule has 1 heterocycles. The first-order valence-electron chi connectivity index (χ1n) is 5.54. The fourth-order valence-corrected chi connectivity index (χ4v) is 1.64. The summed E-state index contributed by atoms with van der Waals surface area (Å²) in [5.74, 6) is -0.673. The Morgan fingerprint density at radius 1 is 1.40 bits per heavy atom. The number of nitrogens with one attached hydrogen (secondary N) is 1. The van der Waals surface area contributed by atoms with Crippen molar-refractivity contribution in [3.05, 3.63) is 41.7 Å². The third-order valence-electron chi connectivity index (χ3n) is 2.56. The number of nitrogens with two attached hydrogens (primary N) is 1. The zero-order valence-corrected chi connectivity index (χ0v) is 10.4. The number of carbonyl (C=O) groups is 1. The van der Waals surface area contributed by atoms with E-state index in [2.05, 4.69) is 10.4 Å². The molecule has 0 unspecified atom stereocenters. The van der Waals surface area contributed by atoms with Gasteiger partial charge in [0, 0.05) is 18.9 Å². The van der Waals surface area contributed by atoms with E-state index in [-0.39, 0.29) is 16.9 Å². The van der Waals surface area contributed by atoms with Gasteiger partial charge in [0.1, 0.15) is 0 Å². The molecular formula is C12H11F3N4O. The molecule has 0 radical (unpaired) electrons. The van der Waals surface area contributed by atoms with Crippen LogP contribution in [0.3, 0.4) is 0 Å². The molecule has 0 saturated carbocycles. The van der Waals surface area contributed by atoms with Crippen LogP contribution >= 0.6 is 0 Å². The number of benzene rings is 1. The Labute approximate surface area is 112 Å². The van der Waals surface area contributed by atoms with Crippen LogP contribution in [0.2, 0.25) is 0 Å². The molecule has 8 heteroatoms. The van der Waals surface area contributed by atoms with Crippen LogP contribution < -0.4 is 11.1 Å². The molecule has 5 nitrogen and oxygen atoms in total. The summed E-state index contributed by atoms with van der Waals surface area (Å²) in [6.07, 6.45) is -1.94. The second-order valence-corrected chi connectivity index (χ2v) is 4.16. The summed E-state index contributed by atoms with van der Waals surface area (Å²) < 4.78 is 40.0. The Hall–Kier alpha value is -2.51. The third kappa shape index (κ3) is 2.90. The Kier molecular flexibility index (Phi) is 3.39. The van der Waals surface area contributed by atoms with E-state index in [4.69, 9.17) is 5.73 Å². The fraction of sp³-hybridized carbons (Fsp3) is 0.167. The van der Waals surface area contributed by atoms with Crippen LogP contribution in [0.4, 0.5) is 24.5 Å². The van der Waals surface area contributed by atoms with Crippen molar-refractivity contribution in [2.75, 3.05) is 11.1 Å². The lowest BCUT2D eigenvalue weighted by Gasteiger charge is -2.14. The quantitative estimate of drug-likeness (QED) is 0.831. The summed E-state index contributed by atoms with van der Waals surface area (Å²) in [7, 11) is 1.60. The Balaban J connectivity index is 2.32. The van der Waals surface area contributed by atoms with Crippen molar-refractivity contribution in [1.29, 1.82) is 0 Å². The Bertz CT molecular complexity index is 648. The van der Waals surface area contributed by atoms with Gasteiger partial charge in [0.15, 0.2) is 0 Å². The molecule has 2 rings (SSSR count). The Morgan fingerprint density at radius 2 is 2.10 bits per heavy atom. The molecule has 0 aliphatic rings. The van der Waals surface area contributed by atoms with Gasteiger partial charge < -0.3 is 11.1 Å². The van der Waals surface area contributed by atoms with E-state index in [1.54, 1.807) is 7.05 Å². The molecular weight excluding hydrogens is 273 g/mol. The predicted molar refractivity (Wildman–Crippen MR) is 67.0 cm³/mol. The number of nitrogen functional groups attached to an aromatic ring is 1. The van der Waals surface area contributed by atoms with Crippen LogP contribution in [0, 0.1) is 0 Å². The van der Waals surface area contributed by atoms with Gasteiger partial charge in [0.05, 0.1) is 23.0 Å². The molecule has 106 valence electrons. The zero-order valence-electron chi connectivity index (χ0n) is 10.4. The van der Waals surface area contributed by atoms with Crippen molar-refractivity contribution in [2.24, 2.45) is 7.05 Å². The van der Waals surface area contributed by atoms with Crippen molar-refractivity contribution >= 4 is 17.3 Å². The van der Waals surface area contributed by atoms with Crippen molar-refractivity contribution in [3.63, 3.8) is 0 Å². The van der Waals surface area contributed by atoms with E-state index in [0.717, 1.165) is 12.1 Å². The highest BCUT2D eigenvalue weighted by Gasteiger charge is 2.34. The molecule has 0 atom stereocenters. The lowest BCUT2D eigenvalue weighted by Crippen LogP contribution is -2.16. The van der Waals surface area contributed by atoms with Crippen LogP contribution in [0.25, 0.3) is 0 Å². The van der Waals surface area contributed by atoms with Crippen molar-refractivity contribution in [1.82, 2.24) is 9.78 Å². The summed E-state index contributed by atoms with van der Waals surface area (Å²) in [6.45, 7) is 0. The van der Waals surface area contributed by atoms with Crippen LogP contribution in [0.15, 0.2) is 30.6 Å². The molecule has 1 amide bonds. The standard InChI is InChI=1S/C12H11F3N4O/c1-19-6-7(5-17-19)11(20)18-10-3-2-8(16)4-9(10)12(13,14)15/h2-6H,16H2,1H3,(H,18,20). The summed E-state index contributed by atoms with van der Waals surface area (Å²) >= 11 is 0. The van der Waals surface area contributed by atoms with Crippen molar-refractivity contribution in [3.8, 4) is 0 Å². The largest absolute Gasteiger partial charge is 0.418 e. The van der Waals surface area contributed by atoms with Crippen molar-refractivity contribution in [2.45, 2.75) is 6.18 Å². The molecule has 20 heavy (non-hydrogen) atoms. The summed E-state index contributed by atoms with van der Waals surface area (Å²) in [5.41, 5.74) is 4.14. The van der Waals surface area contributed by atoms with Gasteiger partial charge >= 0.3 is 6.18 Å². The predicted octanol–water partition coefficient (Wildman–Crippen LogP) is 2.27. The molecule has 3 N–H and O–H groups in total. The number of carbonyl (C=O) groups excluding carboxylic acids is 1. The van der Waals surface area contributed by atoms with E-state index >= 15 is 0 Å². The zero-order chi connectivity index (χ0) is 14.9. The molecule has 0 spiro atoms. The molecule has 0 aliphatic carbocycles. The topological polar surface area (TPSA) is 72.9 Å². The molecule has 1 aromatic carbocycles. The molecule has 0 aliphatic heterocycles. The van der Waals surface area contributed by atoms with E-state index < -0.39 is 17.6 Å². The smallest absolute Gasteiger partial charge is 0.399 e. The maximum absolute atomic E-state index is 12.9. The van der Waals surface area contributed by atoms with Crippen LogP contribution in [-0.4, -0.2) is 15.7 Å². The normalized spacial score (nSPS) is 11.4. The fourth-order valence-electron chi connectivity index (χ4n) is 1.64. The average molecular weight is 284 g/mol. The number of aromatic nitrogens is 2. The van der Waals surface area contributed by atoms with Gasteiger partial charge in [0.2, 0.25) is 0 Å². The molecule has 1 aromatic heterocycles. The van der Waals surface area contributed by atoms with Crippen LogP contribution in [0.1, 0.15) is 15.9 Å². The van der Waals surface area contributed by atoms with Gasteiger partial charge in [-0.15, -0.1) is 0 Å². The minimum absolute atomic E-state index is 0.0308. The van der Waals surface area contributed by atoms with Crippen LogP contribution in [-0.2, 0) is 13.2 Å². The lowest BCUT2D eigenvalue weighted by molar-refractivity contribution is -0.136. The number of alkyl halides is 3. The Morgan fingerprint density at radius 3 is 2.65 bits per heavy atom. The minimum atomic E-state index is -4.60. The summed E-state index contributed by atoms with van der Waals surface area (Å²) in [5, 5.41) is 5.98. The maximum Gasteiger partial charge on any atom is 0.418 e. The highest BCUT2D eigenvalue weighted by atomic mass is 19.4. The summed E-state index contributed by atoms with van der Waals surface area (Å²) in [4.78, 5) is 11.8. The number of anilines is 2. The van der Waals surface area contributed by atoms with E-state index in [1.807, 2.05) is 0 Å². The molecule has 2 aromatic rings. The number of nitrogens with zero attached hydrogens (tertiary/aromatic N) is 2. The summed E-state index contributed by atoms with van der Waals surface area (Å²) in [6, 6.07) is 3.18. The highest BCUT2D eigenvalue weighted by Crippen LogP contribution is 2.36. The lowest BCUT2D eigenvalue weighted by atomic mass is 10.1. The SMILES string of the molecule is Cn1cc(C(=O)Nc2ccc(N)cc2C(F)(F)F)cn1. The number of halogens is 3. The number of aryl methyl sites for hydroxylation is 1. The van der Waals surface area contributed by atoms with Gasteiger partial charge in [-0.05, 0) is 18.2 Å². The molecule has 0 fully saturated rings. The number of hydrogen-bond donors (Lipinski definition) is 2. The van der Waals surface area contributed by atoms with E-state index in [1.165, 1.54) is 23.1 Å². The maximum atomic E-state index is 12.9. The van der Waals surface area contributed by atoms with Gasteiger partial charge in [-0.3, -0.25) is 9.48 Å². The number of hydrogen-bond acceptors (Lipinski definition) is 3. The van der Waals surface area contributed by atoms with Crippen LogP contribution in [0.5, 0.6) is 0 Å². The minimum Gasteiger partial charge on any atom is -0.399 e. The molecule has 0 saturated heterocycles. The van der Waals surface area contributed by atoms with Crippen molar-refractivity contribution < 1.29 is 18.0 Å². The van der Waals surface area contributed by atoms with Gasteiger partial charge in [-0.1, -0.05) is 0 Å². The number of rotatable bonds is 2.